The molecule has 3 nitrogen and oxygen atoms in total. The molecule has 1 aliphatic heterocycles. The Balaban J connectivity index is 1.70. The molecule has 3 rings (SSSR count). The molecule has 1 N–H and O–H groups in total. The topological polar surface area (TPSA) is 32.3 Å². The Morgan fingerprint density at radius 2 is 1.85 bits per heavy atom. The molecule has 0 radical (unpaired) electrons. The van der Waals surface area contributed by atoms with Crippen molar-refractivity contribution in [2.75, 3.05) is 5.01 Å². The second kappa shape index (κ2) is 5.37. The van der Waals surface area contributed by atoms with E-state index in [9.17, 15) is 4.79 Å². The fourth-order valence-electron chi connectivity index (χ4n) is 2.69. The van der Waals surface area contributed by atoms with E-state index in [1.807, 2.05) is 47.5 Å². The number of anilines is 1. The average molecular weight is 266 g/mol. The summed E-state index contributed by atoms with van der Waals surface area (Å²) in [6.07, 6.45) is 1.38. The third kappa shape index (κ3) is 2.52. The molecule has 1 heterocycles. The molecule has 1 aliphatic rings. The maximum absolute atomic E-state index is 12.2. The zero-order chi connectivity index (χ0) is 13.9. The number of amides is 1. The first-order valence-electron chi connectivity index (χ1n) is 6.94. The lowest BCUT2D eigenvalue weighted by atomic mass is 10.1. The van der Waals surface area contributed by atoms with Gasteiger partial charge in [-0.1, -0.05) is 48.5 Å². The van der Waals surface area contributed by atoms with Crippen molar-refractivity contribution < 1.29 is 4.79 Å². The van der Waals surface area contributed by atoms with Crippen molar-refractivity contribution in [3.8, 4) is 0 Å². The second-order valence-corrected chi connectivity index (χ2v) is 5.25. The predicted octanol–water partition coefficient (Wildman–Crippen LogP) is 2.71. The standard InChI is InChI=1S/C17H18N2O/c1-13-11-15-9-5-6-10-16(15)19(13)18-17(20)12-14-7-3-2-4-8-14/h2-10,13H,11-12H2,1H3,(H,18,20)/t13-/m0/s1. The molecule has 3 heteroatoms. The Morgan fingerprint density at radius 3 is 2.65 bits per heavy atom. The van der Waals surface area contributed by atoms with Gasteiger partial charge in [-0.2, -0.15) is 0 Å². The summed E-state index contributed by atoms with van der Waals surface area (Å²) in [4.78, 5) is 12.2. The van der Waals surface area contributed by atoms with Crippen LogP contribution in [0, 0.1) is 0 Å². The van der Waals surface area contributed by atoms with Crippen LogP contribution in [0.5, 0.6) is 0 Å². The van der Waals surface area contributed by atoms with Crippen molar-refractivity contribution in [3.63, 3.8) is 0 Å². The van der Waals surface area contributed by atoms with E-state index in [0.29, 0.717) is 12.5 Å². The molecule has 0 unspecified atom stereocenters. The molecular weight excluding hydrogens is 248 g/mol. The van der Waals surface area contributed by atoms with Gasteiger partial charge in [-0.25, -0.2) is 0 Å². The number of hydrogen-bond donors (Lipinski definition) is 1. The summed E-state index contributed by atoms with van der Waals surface area (Å²) >= 11 is 0. The van der Waals surface area contributed by atoms with Gasteiger partial charge in [-0.3, -0.25) is 15.2 Å². The summed E-state index contributed by atoms with van der Waals surface area (Å²) in [5.41, 5.74) is 6.46. The van der Waals surface area contributed by atoms with Crippen molar-refractivity contribution >= 4 is 11.6 Å². The molecule has 2 aromatic rings. The zero-order valence-corrected chi connectivity index (χ0v) is 11.5. The van der Waals surface area contributed by atoms with Gasteiger partial charge in [0, 0.05) is 0 Å². The molecule has 1 atom stereocenters. The van der Waals surface area contributed by atoms with Crippen molar-refractivity contribution in [2.45, 2.75) is 25.8 Å². The van der Waals surface area contributed by atoms with Gasteiger partial charge in [-0.15, -0.1) is 0 Å². The van der Waals surface area contributed by atoms with Gasteiger partial charge in [0.25, 0.3) is 0 Å². The van der Waals surface area contributed by atoms with Gasteiger partial charge in [0.2, 0.25) is 5.91 Å². The SMILES string of the molecule is C[C@H]1Cc2ccccc2N1NC(=O)Cc1ccccc1. The number of rotatable bonds is 3. The predicted molar refractivity (Wildman–Crippen MR) is 80.4 cm³/mol. The maximum atomic E-state index is 12.2. The smallest absolute Gasteiger partial charge is 0.242 e. The third-order valence-corrected chi connectivity index (χ3v) is 3.66. The number of benzene rings is 2. The van der Waals surface area contributed by atoms with Crippen LogP contribution in [0.25, 0.3) is 0 Å². The van der Waals surface area contributed by atoms with Crippen LogP contribution in [0.15, 0.2) is 54.6 Å². The lowest BCUT2D eigenvalue weighted by Crippen LogP contribution is -2.46. The molecule has 102 valence electrons. The van der Waals surface area contributed by atoms with Crippen molar-refractivity contribution in [2.24, 2.45) is 0 Å². The van der Waals surface area contributed by atoms with E-state index >= 15 is 0 Å². The molecular formula is C17H18N2O. The average Bonchev–Trinajstić information content (AvgIpc) is 2.76. The van der Waals surface area contributed by atoms with Crippen LogP contribution in [-0.4, -0.2) is 11.9 Å². The number of nitrogens with zero attached hydrogens (tertiary/aromatic N) is 1. The first-order chi connectivity index (χ1) is 9.74. The Hall–Kier alpha value is -2.29. The van der Waals surface area contributed by atoms with E-state index in [1.54, 1.807) is 0 Å². The van der Waals surface area contributed by atoms with Crippen molar-refractivity contribution in [3.05, 3.63) is 65.7 Å². The van der Waals surface area contributed by atoms with Gasteiger partial charge in [0.05, 0.1) is 18.2 Å². The Bertz CT molecular complexity index is 609. The molecule has 0 saturated carbocycles. The van der Waals surface area contributed by atoms with Gasteiger partial charge >= 0.3 is 0 Å². The van der Waals surface area contributed by atoms with E-state index in [2.05, 4.69) is 24.5 Å². The second-order valence-electron chi connectivity index (χ2n) is 5.25. The van der Waals surface area contributed by atoms with Crippen LogP contribution in [-0.2, 0) is 17.6 Å². The molecule has 1 amide bonds. The largest absolute Gasteiger partial charge is 0.282 e. The van der Waals surface area contributed by atoms with Crippen LogP contribution in [0.1, 0.15) is 18.1 Å². The number of hydrogen-bond acceptors (Lipinski definition) is 2. The van der Waals surface area contributed by atoms with Crippen LogP contribution in [0.2, 0.25) is 0 Å². The monoisotopic (exact) mass is 266 g/mol. The summed E-state index contributed by atoms with van der Waals surface area (Å²) < 4.78 is 0. The lowest BCUT2D eigenvalue weighted by molar-refractivity contribution is -0.120. The minimum atomic E-state index is 0.0275. The Labute approximate surface area is 119 Å². The van der Waals surface area contributed by atoms with Crippen molar-refractivity contribution in [1.29, 1.82) is 0 Å². The molecule has 20 heavy (non-hydrogen) atoms. The summed E-state index contributed by atoms with van der Waals surface area (Å²) in [6.45, 7) is 2.13. The number of carbonyl (C=O) groups is 1. The maximum Gasteiger partial charge on any atom is 0.242 e. The minimum Gasteiger partial charge on any atom is -0.282 e. The molecule has 0 fully saturated rings. The molecule has 0 aromatic heterocycles. The number of para-hydroxylation sites is 1. The highest BCUT2D eigenvalue weighted by Gasteiger charge is 2.26. The number of hydrazine groups is 1. The lowest BCUT2D eigenvalue weighted by Gasteiger charge is -2.25. The Morgan fingerprint density at radius 1 is 1.15 bits per heavy atom. The van der Waals surface area contributed by atoms with Crippen LogP contribution >= 0.6 is 0 Å². The fourth-order valence-corrected chi connectivity index (χ4v) is 2.69. The third-order valence-electron chi connectivity index (χ3n) is 3.66. The van der Waals surface area contributed by atoms with Gasteiger partial charge in [0.1, 0.15) is 0 Å². The molecule has 0 saturated heterocycles. The highest BCUT2D eigenvalue weighted by molar-refractivity contribution is 5.81. The van der Waals surface area contributed by atoms with Gasteiger partial charge in [-0.05, 0) is 30.5 Å². The highest BCUT2D eigenvalue weighted by atomic mass is 16.2. The van der Waals surface area contributed by atoms with Crippen molar-refractivity contribution in [1.82, 2.24) is 5.43 Å². The molecule has 0 aliphatic carbocycles. The van der Waals surface area contributed by atoms with Crippen LogP contribution in [0.4, 0.5) is 5.69 Å². The Kier molecular flexibility index (Phi) is 3.42. The first-order valence-corrected chi connectivity index (χ1v) is 6.94. The summed E-state index contributed by atoms with van der Waals surface area (Å²) in [7, 11) is 0. The van der Waals surface area contributed by atoms with E-state index in [0.717, 1.165) is 17.7 Å². The first kappa shape index (κ1) is 12.7. The van der Waals surface area contributed by atoms with E-state index in [4.69, 9.17) is 0 Å². The highest BCUT2D eigenvalue weighted by Crippen LogP contribution is 2.29. The van der Waals surface area contributed by atoms with E-state index in [-0.39, 0.29) is 5.91 Å². The molecule has 2 aromatic carbocycles. The fraction of sp³-hybridized carbons (Fsp3) is 0.235. The summed E-state index contributed by atoms with van der Waals surface area (Å²) in [5, 5.41) is 1.99. The van der Waals surface area contributed by atoms with E-state index < -0.39 is 0 Å². The van der Waals surface area contributed by atoms with Gasteiger partial charge < -0.3 is 0 Å². The molecule has 0 bridgehead atoms. The number of nitrogens with one attached hydrogen (secondary N) is 1. The zero-order valence-electron chi connectivity index (χ0n) is 11.5. The summed E-state index contributed by atoms with van der Waals surface area (Å²) in [6, 6.07) is 18.3. The van der Waals surface area contributed by atoms with E-state index in [1.165, 1.54) is 5.56 Å². The van der Waals surface area contributed by atoms with Crippen LogP contribution < -0.4 is 10.4 Å². The minimum absolute atomic E-state index is 0.0275. The molecule has 0 spiro atoms. The van der Waals surface area contributed by atoms with Gasteiger partial charge in [0.15, 0.2) is 0 Å². The normalized spacial score (nSPS) is 16.9. The number of fused-ring (bicyclic) bond motifs is 1. The quantitative estimate of drug-likeness (QED) is 0.926. The summed E-state index contributed by atoms with van der Waals surface area (Å²) in [5.74, 6) is 0.0275. The number of carbonyl (C=O) groups excluding carboxylic acids is 1. The van der Waals surface area contributed by atoms with Crippen LogP contribution in [0.3, 0.4) is 0 Å².